The van der Waals surface area contributed by atoms with E-state index in [1.165, 1.54) is 15.6 Å². The van der Waals surface area contributed by atoms with Crippen LogP contribution in [0.5, 0.6) is 0 Å². The zero-order chi connectivity index (χ0) is 20.4. The lowest BCUT2D eigenvalue weighted by Gasteiger charge is -2.24. The molecule has 1 aromatic carbocycles. The van der Waals surface area contributed by atoms with Gasteiger partial charge in [-0.2, -0.15) is 9.30 Å². The van der Waals surface area contributed by atoms with Crippen LogP contribution >= 0.6 is 11.3 Å². The second-order valence-electron chi connectivity index (χ2n) is 6.79. The van der Waals surface area contributed by atoms with E-state index in [2.05, 4.69) is 9.98 Å². The number of aryl methyl sites for hydroxylation is 1. The summed E-state index contributed by atoms with van der Waals surface area (Å²) in [5.74, 6) is -0.606. The zero-order valence-corrected chi connectivity index (χ0v) is 17.4. The lowest BCUT2D eigenvalue weighted by atomic mass is 9.96. The fraction of sp³-hybridized carbons (Fsp3) is 0.190. The number of hydrogen-bond donors (Lipinski definition) is 0. The van der Waals surface area contributed by atoms with Crippen LogP contribution in [0.25, 0.3) is 0 Å². The van der Waals surface area contributed by atoms with E-state index in [0.29, 0.717) is 5.71 Å². The molecule has 0 fully saturated rings. The second kappa shape index (κ2) is 7.98. The Hall–Kier alpha value is -2.68. The van der Waals surface area contributed by atoms with Gasteiger partial charge in [0.15, 0.2) is 0 Å². The predicted molar refractivity (Wildman–Crippen MR) is 115 cm³/mol. The minimum atomic E-state index is -3.79. The number of carbonyl (C=O) groups excluding carboxylic acids is 1. The highest BCUT2D eigenvalue weighted by molar-refractivity contribution is 7.89. The van der Waals surface area contributed by atoms with Gasteiger partial charge in [-0.3, -0.25) is 4.79 Å². The molecule has 2 aromatic rings. The molecule has 0 N–H and O–H groups in total. The van der Waals surface area contributed by atoms with Crippen LogP contribution in [0, 0.1) is 12.8 Å². The van der Waals surface area contributed by atoms with Crippen molar-refractivity contribution < 1.29 is 13.2 Å². The number of amidine groups is 1. The molecule has 2 heterocycles. The molecule has 6 nitrogen and oxygen atoms in total. The molecule has 1 unspecified atom stereocenters. The number of fused-ring (bicyclic) bond motifs is 1. The molecule has 1 aliphatic heterocycles. The first kappa shape index (κ1) is 19.6. The lowest BCUT2D eigenvalue weighted by Crippen LogP contribution is -2.37. The largest absolute Gasteiger partial charge is 0.271 e. The summed E-state index contributed by atoms with van der Waals surface area (Å²) < 4.78 is 28.0. The number of benzene rings is 1. The Kier molecular flexibility index (Phi) is 5.40. The zero-order valence-electron chi connectivity index (χ0n) is 15.7. The van der Waals surface area contributed by atoms with Crippen LogP contribution in [0.1, 0.15) is 10.4 Å². The van der Waals surface area contributed by atoms with Gasteiger partial charge in [0.1, 0.15) is 11.8 Å². The summed E-state index contributed by atoms with van der Waals surface area (Å²) in [6.07, 6.45) is 7.09. The summed E-state index contributed by atoms with van der Waals surface area (Å²) >= 11 is 1.48. The molecule has 8 heteroatoms. The number of aliphatic imine (C=N–C) groups is 2. The molecule has 0 bridgehead atoms. The fourth-order valence-electron chi connectivity index (χ4n) is 3.11. The van der Waals surface area contributed by atoms with Gasteiger partial charge in [-0.25, -0.2) is 13.4 Å². The number of allylic oxidation sites excluding steroid dienone is 3. The van der Waals surface area contributed by atoms with Crippen molar-refractivity contribution >= 4 is 38.8 Å². The summed E-state index contributed by atoms with van der Waals surface area (Å²) in [6, 6.07) is 10.5. The summed E-state index contributed by atoms with van der Waals surface area (Å²) in [4.78, 5) is 22.0. The van der Waals surface area contributed by atoms with Crippen LogP contribution in [0.4, 0.5) is 0 Å². The van der Waals surface area contributed by atoms with Gasteiger partial charge in [0.25, 0.3) is 5.91 Å². The number of sulfonamides is 1. The maximum atomic E-state index is 13.3. The van der Waals surface area contributed by atoms with Crippen molar-refractivity contribution in [1.82, 2.24) is 4.31 Å². The third-order valence-corrected chi connectivity index (χ3v) is 7.32. The van der Waals surface area contributed by atoms with Crippen LogP contribution in [-0.4, -0.2) is 36.7 Å². The average Bonchev–Trinajstić information content (AvgIpc) is 3.21. The minimum Gasteiger partial charge on any atom is -0.271 e. The highest BCUT2D eigenvalue weighted by Crippen LogP contribution is 2.23. The van der Waals surface area contributed by atoms with Gasteiger partial charge in [-0.1, -0.05) is 42.0 Å². The summed E-state index contributed by atoms with van der Waals surface area (Å²) in [7, 11) is -3.79. The molecule has 0 spiro atoms. The standard InChI is InChI=1S/C21H19N3O3S2/c1-15-8-10-17(11-9-15)29(26,27)24(13-16-5-4-12-28-16)14-20-22-19-7-3-2-6-18(19)21(25)23-20/h2-12,18H,13-14H2,1H3. The first-order valence-electron chi connectivity index (χ1n) is 9.07. The number of carbonyl (C=O) groups is 1. The Morgan fingerprint density at radius 1 is 1.07 bits per heavy atom. The highest BCUT2D eigenvalue weighted by Gasteiger charge is 2.30. The molecule has 0 saturated carbocycles. The molecule has 1 aliphatic carbocycles. The van der Waals surface area contributed by atoms with Crippen molar-refractivity contribution in [3.05, 3.63) is 76.5 Å². The van der Waals surface area contributed by atoms with Crippen LogP contribution in [0.3, 0.4) is 0 Å². The van der Waals surface area contributed by atoms with Crippen molar-refractivity contribution in [2.24, 2.45) is 15.9 Å². The number of hydrogen-bond acceptors (Lipinski definition) is 5. The number of nitrogens with zero attached hydrogens (tertiary/aromatic N) is 3. The van der Waals surface area contributed by atoms with Gasteiger partial charge in [-0.15, -0.1) is 11.3 Å². The van der Waals surface area contributed by atoms with Gasteiger partial charge in [0.05, 0.1) is 17.2 Å². The molecule has 1 atom stereocenters. The third-order valence-electron chi connectivity index (χ3n) is 4.65. The van der Waals surface area contributed by atoms with Crippen molar-refractivity contribution in [2.75, 3.05) is 6.54 Å². The van der Waals surface area contributed by atoms with Crippen LogP contribution < -0.4 is 0 Å². The van der Waals surface area contributed by atoms with E-state index in [1.54, 1.807) is 48.6 Å². The first-order chi connectivity index (χ1) is 13.9. The lowest BCUT2D eigenvalue weighted by molar-refractivity contribution is -0.118. The van der Waals surface area contributed by atoms with Gasteiger partial charge < -0.3 is 0 Å². The van der Waals surface area contributed by atoms with E-state index < -0.39 is 15.9 Å². The maximum Gasteiger partial charge on any atom is 0.260 e. The Bertz CT molecular complexity index is 1140. The van der Waals surface area contributed by atoms with Crippen LogP contribution in [0.15, 0.2) is 81.0 Å². The maximum absolute atomic E-state index is 13.3. The number of thiophene rings is 1. The molecule has 148 valence electrons. The van der Waals surface area contributed by atoms with Crippen molar-refractivity contribution in [2.45, 2.75) is 18.4 Å². The van der Waals surface area contributed by atoms with Gasteiger partial charge >= 0.3 is 0 Å². The average molecular weight is 426 g/mol. The summed E-state index contributed by atoms with van der Waals surface area (Å²) in [5, 5.41) is 1.90. The van der Waals surface area contributed by atoms with E-state index in [4.69, 9.17) is 0 Å². The fourth-order valence-corrected chi connectivity index (χ4v) is 5.28. The normalized spacial score (nSPS) is 18.6. The Labute approximate surface area is 173 Å². The Morgan fingerprint density at radius 3 is 2.59 bits per heavy atom. The van der Waals surface area contributed by atoms with E-state index in [-0.39, 0.29) is 29.7 Å². The Morgan fingerprint density at radius 2 is 1.86 bits per heavy atom. The van der Waals surface area contributed by atoms with Gasteiger partial charge in [0.2, 0.25) is 10.0 Å². The van der Waals surface area contributed by atoms with Crippen LogP contribution in [-0.2, 0) is 21.4 Å². The molecule has 1 aromatic heterocycles. The molecule has 1 amide bonds. The van der Waals surface area contributed by atoms with E-state index >= 15 is 0 Å². The topological polar surface area (TPSA) is 79.2 Å². The summed E-state index contributed by atoms with van der Waals surface area (Å²) in [5.41, 5.74) is 1.57. The van der Waals surface area contributed by atoms with Crippen molar-refractivity contribution in [3.63, 3.8) is 0 Å². The molecule has 0 saturated heterocycles. The first-order valence-corrected chi connectivity index (χ1v) is 11.4. The predicted octanol–water partition coefficient (Wildman–Crippen LogP) is 3.37. The van der Waals surface area contributed by atoms with E-state index in [0.717, 1.165) is 10.4 Å². The SMILES string of the molecule is Cc1ccc(S(=O)(=O)N(CC2=NC(=O)C3C=CC=CC3=N2)Cc2cccs2)cc1. The van der Waals surface area contributed by atoms with Crippen molar-refractivity contribution in [1.29, 1.82) is 0 Å². The smallest absolute Gasteiger partial charge is 0.260 e. The molecule has 4 rings (SSSR count). The van der Waals surface area contributed by atoms with Gasteiger partial charge in [-0.05, 0) is 36.6 Å². The number of amides is 1. The molecule has 29 heavy (non-hydrogen) atoms. The van der Waals surface area contributed by atoms with Gasteiger partial charge in [0, 0.05) is 11.4 Å². The highest BCUT2D eigenvalue weighted by atomic mass is 32.2. The minimum absolute atomic E-state index is 0.0758. The van der Waals surface area contributed by atoms with Crippen LogP contribution in [0.2, 0.25) is 0 Å². The Balaban J connectivity index is 1.67. The third kappa shape index (κ3) is 4.19. The van der Waals surface area contributed by atoms with E-state index in [1.807, 2.05) is 24.4 Å². The molecular formula is C21H19N3O3S2. The quantitative estimate of drug-likeness (QED) is 0.712. The molecule has 2 aliphatic rings. The summed E-state index contributed by atoms with van der Waals surface area (Å²) in [6.45, 7) is 2.01. The van der Waals surface area contributed by atoms with Crippen molar-refractivity contribution in [3.8, 4) is 0 Å². The molecular weight excluding hydrogens is 406 g/mol. The van der Waals surface area contributed by atoms with E-state index in [9.17, 15) is 13.2 Å². The number of rotatable bonds is 6. The monoisotopic (exact) mass is 425 g/mol. The molecule has 0 radical (unpaired) electrons. The second-order valence-corrected chi connectivity index (χ2v) is 9.76.